The molecule has 2 aromatic heterocycles. The van der Waals surface area contributed by atoms with Gasteiger partial charge >= 0.3 is 0 Å². The number of para-hydroxylation sites is 3. The van der Waals surface area contributed by atoms with Crippen molar-refractivity contribution in [2.24, 2.45) is 0 Å². The van der Waals surface area contributed by atoms with E-state index in [1.54, 1.807) is 0 Å². The maximum Gasteiger partial charge on any atom is 0.0541 e. The SMILES string of the molecule is c1ccc(-c2cccc(-c3cccc(P(c4ccccc4)c4ccc5c(c4)c4ccccc4n5-c4cccc(-c5cccc6c5Cc5ccc(-n7c8ccccc8c8ccccc87)cc5-6)c4)c3)c2)cc1. The van der Waals surface area contributed by atoms with Crippen LogP contribution < -0.4 is 15.9 Å². The molecule has 0 fully saturated rings. The molecule has 2 heterocycles. The third-order valence-corrected chi connectivity index (χ3v) is 16.9. The Balaban J connectivity index is 0.850. The normalized spacial score (nSPS) is 12.5. The standard InChI is InChI=1S/C67H45N2P/c1-3-17-45(18-4-1)46-19-13-20-47(39-46)48-21-15-26-54(41-48)70(53-24-5-2-6-25-53)55-37-38-67-63(44-55)60-29-9-12-34-66(60)68(67)51-23-14-22-49(40-51)56-30-16-31-57-61-43-52(36-35-50(61)42-62(56)57)69-64-32-10-7-27-58(64)59-28-8-11-33-65(59)69/h1-41,43-44H,42H2. The van der Waals surface area contributed by atoms with Gasteiger partial charge in [0.25, 0.3) is 0 Å². The van der Waals surface area contributed by atoms with E-state index in [4.69, 9.17) is 0 Å². The average molecular weight is 909 g/mol. The molecule has 1 unspecified atom stereocenters. The lowest BCUT2D eigenvalue weighted by Crippen LogP contribution is -2.20. The van der Waals surface area contributed by atoms with Gasteiger partial charge in [0.2, 0.25) is 0 Å². The molecule has 0 saturated carbocycles. The van der Waals surface area contributed by atoms with Gasteiger partial charge in [0, 0.05) is 32.9 Å². The van der Waals surface area contributed by atoms with Crippen LogP contribution in [0.1, 0.15) is 11.1 Å². The molecule has 0 spiro atoms. The monoisotopic (exact) mass is 908 g/mol. The molecule has 1 aliphatic carbocycles. The van der Waals surface area contributed by atoms with Crippen LogP contribution in [0.15, 0.2) is 261 Å². The summed E-state index contributed by atoms with van der Waals surface area (Å²) in [7, 11) is -0.875. The van der Waals surface area contributed by atoms with Crippen molar-refractivity contribution in [2.75, 3.05) is 0 Å². The first-order chi connectivity index (χ1) is 34.7. The zero-order valence-corrected chi connectivity index (χ0v) is 39.3. The molecule has 328 valence electrons. The van der Waals surface area contributed by atoms with Crippen molar-refractivity contribution in [3.63, 3.8) is 0 Å². The number of nitrogens with zero attached hydrogens (tertiary/aromatic N) is 2. The Kier molecular flexibility index (Phi) is 9.61. The van der Waals surface area contributed by atoms with Crippen LogP contribution in [-0.4, -0.2) is 9.13 Å². The van der Waals surface area contributed by atoms with Gasteiger partial charge in [-0.15, -0.1) is 0 Å². The van der Waals surface area contributed by atoms with E-state index >= 15 is 0 Å². The lowest BCUT2D eigenvalue weighted by molar-refractivity contribution is 1.17. The predicted molar refractivity (Wildman–Crippen MR) is 298 cm³/mol. The highest BCUT2D eigenvalue weighted by Gasteiger charge is 2.25. The molecule has 0 radical (unpaired) electrons. The molecule has 1 atom stereocenters. The lowest BCUT2D eigenvalue weighted by atomic mass is 9.95. The molecule has 0 N–H and O–H groups in total. The molecule has 0 aliphatic heterocycles. The van der Waals surface area contributed by atoms with E-state index in [0.29, 0.717) is 0 Å². The Hall–Kier alpha value is -8.55. The van der Waals surface area contributed by atoms with Crippen LogP contribution in [0.5, 0.6) is 0 Å². The number of aromatic nitrogens is 2. The molecule has 2 nitrogen and oxygen atoms in total. The van der Waals surface area contributed by atoms with Gasteiger partial charge in [-0.2, -0.15) is 0 Å². The maximum absolute atomic E-state index is 2.48. The van der Waals surface area contributed by atoms with Gasteiger partial charge in [0.15, 0.2) is 0 Å². The van der Waals surface area contributed by atoms with Crippen molar-refractivity contribution >= 4 is 67.4 Å². The fourth-order valence-electron chi connectivity index (χ4n) is 11.3. The van der Waals surface area contributed by atoms with Gasteiger partial charge in [0.1, 0.15) is 0 Å². The highest BCUT2D eigenvalue weighted by molar-refractivity contribution is 7.79. The van der Waals surface area contributed by atoms with E-state index < -0.39 is 7.92 Å². The summed E-state index contributed by atoms with van der Waals surface area (Å²) in [5.41, 5.74) is 20.1. The quantitative estimate of drug-likeness (QED) is 0.134. The molecule has 0 amide bonds. The van der Waals surface area contributed by atoms with Crippen LogP contribution in [0.2, 0.25) is 0 Å². The Morgan fingerprint density at radius 2 is 0.771 bits per heavy atom. The van der Waals surface area contributed by atoms with Crippen molar-refractivity contribution < 1.29 is 0 Å². The van der Waals surface area contributed by atoms with Gasteiger partial charge in [-0.05, 0) is 153 Å². The van der Waals surface area contributed by atoms with E-state index in [0.717, 1.165) is 12.1 Å². The van der Waals surface area contributed by atoms with Gasteiger partial charge in [-0.3, -0.25) is 0 Å². The largest absolute Gasteiger partial charge is 0.309 e. The first-order valence-corrected chi connectivity index (χ1v) is 25.5. The van der Waals surface area contributed by atoms with Gasteiger partial charge < -0.3 is 9.13 Å². The van der Waals surface area contributed by atoms with Crippen molar-refractivity contribution in [3.8, 4) is 55.9 Å². The molecule has 1 aliphatic rings. The number of hydrogen-bond acceptors (Lipinski definition) is 0. The van der Waals surface area contributed by atoms with E-state index in [-0.39, 0.29) is 0 Å². The van der Waals surface area contributed by atoms with E-state index in [9.17, 15) is 0 Å². The predicted octanol–water partition coefficient (Wildman–Crippen LogP) is 16.2. The molecule has 14 rings (SSSR count). The minimum Gasteiger partial charge on any atom is -0.309 e. The second-order valence-corrected chi connectivity index (χ2v) is 20.7. The summed E-state index contributed by atoms with van der Waals surface area (Å²) in [6.45, 7) is 0. The molecular weight excluding hydrogens is 864 g/mol. The number of rotatable bonds is 8. The molecule has 13 aromatic rings. The third-order valence-electron chi connectivity index (χ3n) is 14.5. The summed E-state index contributed by atoms with van der Waals surface area (Å²) < 4.78 is 4.90. The summed E-state index contributed by atoms with van der Waals surface area (Å²) in [5, 5.41) is 9.10. The molecule has 3 heteroatoms. The summed E-state index contributed by atoms with van der Waals surface area (Å²) in [4.78, 5) is 0. The zero-order valence-electron chi connectivity index (χ0n) is 38.4. The van der Waals surface area contributed by atoms with E-state index in [2.05, 4.69) is 270 Å². The van der Waals surface area contributed by atoms with Crippen LogP contribution >= 0.6 is 7.92 Å². The highest BCUT2D eigenvalue weighted by atomic mass is 31.1. The van der Waals surface area contributed by atoms with Crippen LogP contribution in [0.25, 0.3) is 99.5 Å². The van der Waals surface area contributed by atoms with E-state index in [1.165, 1.54) is 121 Å². The Labute approximate surface area is 408 Å². The van der Waals surface area contributed by atoms with Crippen LogP contribution in [-0.2, 0) is 6.42 Å². The first-order valence-electron chi connectivity index (χ1n) is 24.2. The van der Waals surface area contributed by atoms with Crippen LogP contribution in [0.4, 0.5) is 0 Å². The molecular formula is C67H45N2P. The minimum absolute atomic E-state index is 0.875. The number of fused-ring (bicyclic) bond motifs is 9. The van der Waals surface area contributed by atoms with Crippen molar-refractivity contribution in [1.29, 1.82) is 0 Å². The van der Waals surface area contributed by atoms with Gasteiger partial charge in [0.05, 0.1) is 22.1 Å². The molecule has 0 saturated heterocycles. The molecule has 11 aromatic carbocycles. The lowest BCUT2D eigenvalue weighted by Gasteiger charge is -2.21. The van der Waals surface area contributed by atoms with Crippen molar-refractivity contribution in [2.45, 2.75) is 6.42 Å². The van der Waals surface area contributed by atoms with Crippen LogP contribution in [0.3, 0.4) is 0 Å². The summed E-state index contributed by atoms with van der Waals surface area (Å²) in [6, 6.07) is 96.8. The average Bonchev–Trinajstić information content (AvgIpc) is 4.09. The Bertz CT molecular complexity index is 4110. The minimum atomic E-state index is -0.875. The first kappa shape index (κ1) is 40.5. The Morgan fingerprint density at radius 3 is 1.50 bits per heavy atom. The third kappa shape index (κ3) is 6.67. The fourth-order valence-corrected chi connectivity index (χ4v) is 13.7. The van der Waals surface area contributed by atoms with Gasteiger partial charge in [-0.1, -0.05) is 194 Å². The topological polar surface area (TPSA) is 9.86 Å². The smallest absolute Gasteiger partial charge is 0.0541 e. The molecule has 70 heavy (non-hydrogen) atoms. The van der Waals surface area contributed by atoms with Crippen LogP contribution in [0, 0.1) is 0 Å². The highest BCUT2D eigenvalue weighted by Crippen LogP contribution is 2.45. The van der Waals surface area contributed by atoms with Crippen molar-refractivity contribution in [3.05, 3.63) is 272 Å². The van der Waals surface area contributed by atoms with E-state index in [1.807, 2.05) is 0 Å². The summed E-state index contributed by atoms with van der Waals surface area (Å²) >= 11 is 0. The van der Waals surface area contributed by atoms with Gasteiger partial charge in [-0.25, -0.2) is 0 Å². The second kappa shape index (κ2) is 16.6. The summed E-state index contributed by atoms with van der Waals surface area (Å²) in [5.74, 6) is 0. The fraction of sp³-hybridized carbons (Fsp3) is 0.0149. The number of benzene rings is 11. The second-order valence-electron chi connectivity index (χ2n) is 18.5. The maximum atomic E-state index is 2.48. The Morgan fingerprint density at radius 1 is 0.271 bits per heavy atom. The number of hydrogen-bond donors (Lipinski definition) is 0. The molecule has 0 bridgehead atoms. The van der Waals surface area contributed by atoms with Crippen molar-refractivity contribution in [1.82, 2.24) is 9.13 Å². The zero-order chi connectivity index (χ0) is 46.1. The summed E-state index contributed by atoms with van der Waals surface area (Å²) in [6.07, 6.45) is 0.907.